The van der Waals surface area contributed by atoms with Gasteiger partial charge in [-0.05, 0) is 0 Å². The van der Waals surface area contributed by atoms with E-state index in [0.717, 1.165) is 0 Å². The van der Waals surface area contributed by atoms with Gasteiger partial charge < -0.3 is 79.9 Å². The van der Waals surface area contributed by atoms with E-state index in [-0.39, 0.29) is 0 Å². The van der Waals surface area contributed by atoms with Crippen molar-refractivity contribution in [3.05, 3.63) is 0 Å². The van der Waals surface area contributed by atoms with E-state index in [9.17, 15) is 56.2 Å². The minimum Gasteiger partial charge on any atom is -0.394 e. The van der Waals surface area contributed by atoms with Crippen LogP contribution in [0.4, 0.5) is 0 Å². The summed E-state index contributed by atoms with van der Waals surface area (Å²) in [6, 6.07) is 0. The summed E-state index contributed by atoms with van der Waals surface area (Å²) >= 11 is 0. The fourth-order valence-electron chi connectivity index (χ4n) is 4.05. The molecule has 16 heteroatoms. The van der Waals surface area contributed by atoms with Crippen LogP contribution in [-0.2, 0) is 23.7 Å². The standard InChI is InChI=1S/C18H32O16/c19-1-4-7(22)9(24)11(26)17(31-4)33-14-6(3-21)32-18(12(27)10(14)25)34-15-8(23)5(2-20)30-16(29)13(15)28/h4-29H,1-3H2/t4-,5-,6-,7+,8-,9+,10-,11-,12-,13-,14-,15+,16?,17+,18+/m1/s1. The molecule has 34 heavy (non-hydrogen) atoms. The number of aliphatic hydroxyl groups is 11. The molecular weight excluding hydrogens is 472 g/mol. The lowest BCUT2D eigenvalue weighted by Crippen LogP contribution is -2.66. The van der Waals surface area contributed by atoms with Gasteiger partial charge in [0, 0.05) is 0 Å². The summed E-state index contributed by atoms with van der Waals surface area (Å²) in [6.45, 7) is -2.31. The summed E-state index contributed by atoms with van der Waals surface area (Å²) in [4.78, 5) is 0. The second kappa shape index (κ2) is 11.6. The van der Waals surface area contributed by atoms with Gasteiger partial charge >= 0.3 is 0 Å². The zero-order chi connectivity index (χ0) is 25.3. The third-order valence-corrected chi connectivity index (χ3v) is 6.09. The molecule has 0 aliphatic carbocycles. The van der Waals surface area contributed by atoms with Crippen LogP contribution in [0.25, 0.3) is 0 Å². The smallest absolute Gasteiger partial charge is 0.187 e. The molecule has 0 aromatic heterocycles. The summed E-state index contributed by atoms with van der Waals surface area (Å²) < 4.78 is 26.2. The highest BCUT2D eigenvalue weighted by atomic mass is 16.7. The van der Waals surface area contributed by atoms with Crippen molar-refractivity contribution < 1.29 is 79.9 Å². The maximum absolute atomic E-state index is 10.6. The first-order valence-corrected chi connectivity index (χ1v) is 10.6. The average Bonchev–Trinajstić information content (AvgIpc) is 2.83. The number of aliphatic hydroxyl groups excluding tert-OH is 11. The van der Waals surface area contributed by atoms with Crippen LogP contribution in [0, 0.1) is 0 Å². The lowest BCUT2D eigenvalue weighted by Gasteiger charge is -2.47. The molecule has 0 radical (unpaired) electrons. The van der Waals surface area contributed by atoms with Crippen LogP contribution in [0.1, 0.15) is 0 Å². The molecule has 0 amide bonds. The number of hydrogen-bond donors (Lipinski definition) is 11. The highest BCUT2D eigenvalue weighted by Crippen LogP contribution is 2.32. The first kappa shape index (κ1) is 27.9. The predicted octanol–water partition coefficient (Wildman–Crippen LogP) is -7.57. The molecule has 0 bridgehead atoms. The Balaban J connectivity index is 1.72. The van der Waals surface area contributed by atoms with Gasteiger partial charge in [-0.25, -0.2) is 0 Å². The molecule has 3 fully saturated rings. The average molecular weight is 504 g/mol. The van der Waals surface area contributed by atoms with E-state index in [1.54, 1.807) is 0 Å². The van der Waals surface area contributed by atoms with Gasteiger partial charge in [0.1, 0.15) is 73.2 Å². The Kier molecular flexibility index (Phi) is 9.54. The molecule has 1 unspecified atom stereocenters. The molecule has 16 nitrogen and oxygen atoms in total. The van der Waals surface area contributed by atoms with E-state index in [4.69, 9.17) is 23.7 Å². The topological polar surface area (TPSA) is 269 Å². The molecule has 15 atom stereocenters. The van der Waals surface area contributed by atoms with E-state index >= 15 is 0 Å². The van der Waals surface area contributed by atoms with Crippen molar-refractivity contribution in [2.24, 2.45) is 0 Å². The number of rotatable bonds is 7. The molecule has 3 saturated heterocycles. The van der Waals surface area contributed by atoms with Crippen molar-refractivity contribution in [3.8, 4) is 0 Å². The molecule has 0 saturated carbocycles. The Hall–Kier alpha value is -0.640. The molecule has 3 aliphatic heterocycles. The van der Waals surface area contributed by atoms with Crippen LogP contribution < -0.4 is 0 Å². The van der Waals surface area contributed by atoms with E-state index in [1.807, 2.05) is 0 Å². The largest absolute Gasteiger partial charge is 0.394 e. The van der Waals surface area contributed by atoms with Crippen LogP contribution in [0.2, 0.25) is 0 Å². The van der Waals surface area contributed by atoms with Crippen LogP contribution >= 0.6 is 0 Å². The van der Waals surface area contributed by atoms with E-state index in [2.05, 4.69) is 0 Å². The zero-order valence-electron chi connectivity index (χ0n) is 17.7. The first-order valence-electron chi connectivity index (χ1n) is 10.6. The van der Waals surface area contributed by atoms with E-state index < -0.39 is 112 Å². The Morgan fingerprint density at radius 1 is 0.441 bits per heavy atom. The fraction of sp³-hybridized carbons (Fsp3) is 1.00. The predicted molar refractivity (Wildman–Crippen MR) is 101 cm³/mol. The Bertz CT molecular complexity index is 637. The fourth-order valence-corrected chi connectivity index (χ4v) is 4.05. The summed E-state index contributed by atoms with van der Waals surface area (Å²) in [5.74, 6) is 0. The normalized spacial score (nSPS) is 52.5. The van der Waals surface area contributed by atoms with Gasteiger partial charge in [0.05, 0.1) is 19.8 Å². The van der Waals surface area contributed by atoms with Crippen LogP contribution in [0.3, 0.4) is 0 Å². The summed E-state index contributed by atoms with van der Waals surface area (Å²) in [7, 11) is 0. The molecular formula is C18H32O16. The van der Waals surface area contributed by atoms with Gasteiger partial charge in [-0.15, -0.1) is 0 Å². The summed E-state index contributed by atoms with van der Waals surface area (Å²) in [5, 5.41) is 109. The third kappa shape index (κ3) is 5.37. The molecule has 3 rings (SSSR count). The quantitative estimate of drug-likeness (QED) is 0.154. The monoisotopic (exact) mass is 504 g/mol. The molecule has 0 aromatic carbocycles. The molecule has 0 spiro atoms. The number of ether oxygens (including phenoxy) is 5. The van der Waals surface area contributed by atoms with Gasteiger partial charge in [0.25, 0.3) is 0 Å². The first-order chi connectivity index (χ1) is 16.0. The minimum atomic E-state index is -1.93. The lowest BCUT2D eigenvalue weighted by molar-refractivity contribution is -0.378. The van der Waals surface area contributed by atoms with Crippen molar-refractivity contribution in [2.75, 3.05) is 19.8 Å². The Labute approximate surface area is 192 Å². The molecule has 11 N–H and O–H groups in total. The zero-order valence-corrected chi connectivity index (χ0v) is 17.7. The molecule has 3 heterocycles. The van der Waals surface area contributed by atoms with Crippen LogP contribution in [0.5, 0.6) is 0 Å². The highest BCUT2D eigenvalue weighted by molar-refractivity contribution is 4.96. The van der Waals surface area contributed by atoms with Gasteiger partial charge in [-0.2, -0.15) is 0 Å². The number of hydrogen-bond acceptors (Lipinski definition) is 16. The lowest BCUT2D eigenvalue weighted by atomic mass is 9.96. The molecule has 200 valence electrons. The van der Waals surface area contributed by atoms with E-state index in [1.165, 1.54) is 0 Å². The summed E-state index contributed by atoms with van der Waals surface area (Å²) in [6.07, 6.45) is -25.3. The van der Waals surface area contributed by atoms with Crippen molar-refractivity contribution in [1.82, 2.24) is 0 Å². The summed E-state index contributed by atoms with van der Waals surface area (Å²) in [5.41, 5.74) is 0. The highest BCUT2D eigenvalue weighted by Gasteiger charge is 2.53. The van der Waals surface area contributed by atoms with Crippen molar-refractivity contribution in [3.63, 3.8) is 0 Å². The van der Waals surface area contributed by atoms with Gasteiger partial charge in [-0.1, -0.05) is 0 Å². The van der Waals surface area contributed by atoms with Crippen LogP contribution in [0.15, 0.2) is 0 Å². The van der Waals surface area contributed by atoms with Gasteiger partial charge in [-0.3, -0.25) is 0 Å². The Morgan fingerprint density at radius 2 is 0.912 bits per heavy atom. The second-order valence-electron chi connectivity index (χ2n) is 8.33. The third-order valence-electron chi connectivity index (χ3n) is 6.09. The minimum absolute atomic E-state index is 0.740. The van der Waals surface area contributed by atoms with E-state index in [0.29, 0.717) is 0 Å². The van der Waals surface area contributed by atoms with Crippen molar-refractivity contribution >= 4 is 0 Å². The Morgan fingerprint density at radius 3 is 1.47 bits per heavy atom. The van der Waals surface area contributed by atoms with Crippen molar-refractivity contribution in [2.45, 2.75) is 92.1 Å². The molecule has 0 aromatic rings. The maximum atomic E-state index is 10.6. The van der Waals surface area contributed by atoms with Gasteiger partial charge in [0.2, 0.25) is 0 Å². The van der Waals surface area contributed by atoms with Crippen molar-refractivity contribution in [1.29, 1.82) is 0 Å². The maximum Gasteiger partial charge on any atom is 0.187 e. The second-order valence-corrected chi connectivity index (χ2v) is 8.33. The SMILES string of the molecule is OC[C@H]1O[C@@H](O[C@H]2[C@H](O)[C@@H](O)[C@H](O[C@H]3[C@H](O)[C@@H](CO)OC(O)[C@@H]3O)O[C@@H]2CO)[C@H](O)[C@@H](O)[C@H]1O. The van der Waals surface area contributed by atoms with Gasteiger partial charge in [0.15, 0.2) is 18.9 Å². The van der Waals surface area contributed by atoms with Crippen LogP contribution in [-0.4, -0.2) is 168 Å². The molecule has 3 aliphatic rings.